The van der Waals surface area contributed by atoms with E-state index in [9.17, 15) is 4.79 Å². The van der Waals surface area contributed by atoms with Crippen LogP contribution in [0.15, 0.2) is 6.20 Å². The van der Waals surface area contributed by atoms with Crippen LogP contribution >= 0.6 is 11.3 Å². The number of amides is 1. The number of nitrogens with one attached hydrogen (secondary N) is 1. The molecule has 0 bridgehead atoms. The molecule has 1 amide bonds. The molecule has 0 aromatic carbocycles. The first kappa shape index (κ1) is 15.6. The van der Waals surface area contributed by atoms with Gasteiger partial charge in [0, 0.05) is 19.9 Å². The lowest BCUT2D eigenvalue weighted by Gasteiger charge is -2.03. The second-order valence-corrected chi connectivity index (χ2v) is 6.42. The van der Waals surface area contributed by atoms with Crippen LogP contribution in [0, 0.1) is 6.92 Å². The maximum absolute atomic E-state index is 12.1. The number of fused-ring (bicyclic) bond motifs is 1. The van der Waals surface area contributed by atoms with Gasteiger partial charge in [-0.3, -0.25) is 14.2 Å². The highest BCUT2D eigenvalue weighted by Gasteiger charge is 2.13. The fraction of sp³-hybridized carbons (Fsp3) is 0.500. The van der Waals surface area contributed by atoms with E-state index in [4.69, 9.17) is 0 Å². The lowest BCUT2D eigenvalue weighted by molar-refractivity contribution is -0.116. The van der Waals surface area contributed by atoms with Crippen LogP contribution in [0.25, 0.3) is 11.0 Å². The van der Waals surface area contributed by atoms with Crippen LogP contribution in [-0.2, 0) is 24.8 Å². The number of anilines is 1. The van der Waals surface area contributed by atoms with Crippen molar-refractivity contribution in [1.29, 1.82) is 0 Å². The van der Waals surface area contributed by atoms with Crippen molar-refractivity contribution in [1.82, 2.24) is 29.8 Å². The van der Waals surface area contributed by atoms with E-state index in [1.54, 1.807) is 10.9 Å². The summed E-state index contributed by atoms with van der Waals surface area (Å²) >= 11 is 1.43. The summed E-state index contributed by atoms with van der Waals surface area (Å²) in [5, 5.41) is 21.0. The Labute approximate surface area is 137 Å². The van der Waals surface area contributed by atoms with Crippen LogP contribution in [0.5, 0.6) is 0 Å². The van der Waals surface area contributed by atoms with E-state index in [2.05, 4.69) is 32.6 Å². The van der Waals surface area contributed by atoms with Crippen molar-refractivity contribution in [2.24, 2.45) is 7.05 Å². The van der Waals surface area contributed by atoms with Gasteiger partial charge in [-0.15, -0.1) is 10.2 Å². The monoisotopic (exact) mass is 333 g/mol. The molecule has 0 aliphatic rings. The van der Waals surface area contributed by atoms with Gasteiger partial charge in [0.15, 0.2) is 0 Å². The van der Waals surface area contributed by atoms with Gasteiger partial charge in [0.2, 0.25) is 11.0 Å². The predicted octanol–water partition coefficient (Wildman–Crippen LogP) is 1.91. The van der Waals surface area contributed by atoms with Crippen LogP contribution in [0.4, 0.5) is 5.13 Å². The van der Waals surface area contributed by atoms with Crippen molar-refractivity contribution < 1.29 is 4.79 Å². The molecular weight excluding hydrogens is 314 g/mol. The average molecular weight is 333 g/mol. The number of aromatic nitrogens is 6. The lowest BCUT2D eigenvalue weighted by Crippen LogP contribution is -2.15. The first-order valence-corrected chi connectivity index (χ1v) is 8.37. The van der Waals surface area contributed by atoms with Gasteiger partial charge in [0.25, 0.3) is 0 Å². The number of carbonyl (C=O) groups is 1. The minimum atomic E-state index is -0.0885. The Balaban J connectivity index is 1.61. The van der Waals surface area contributed by atoms with Crippen molar-refractivity contribution in [2.75, 3.05) is 5.32 Å². The molecule has 0 atom stereocenters. The Kier molecular flexibility index (Phi) is 4.37. The number of hydrogen-bond donors (Lipinski definition) is 1. The minimum absolute atomic E-state index is 0.0885. The molecule has 3 aromatic rings. The van der Waals surface area contributed by atoms with Crippen LogP contribution in [0.2, 0.25) is 0 Å². The van der Waals surface area contributed by atoms with Gasteiger partial charge in [-0.25, -0.2) is 0 Å². The van der Waals surface area contributed by atoms with Crippen molar-refractivity contribution in [2.45, 2.75) is 39.7 Å². The third-order valence-electron chi connectivity index (χ3n) is 3.54. The van der Waals surface area contributed by atoms with E-state index in [-0.39, 0.29) is 5.91 Å². The molecule has 0 unspecified atom stereocenters. The average Bonchev–Trinajstić information content (AvgIpc) is 3.17. The summed E-state index contributed by atoms with van der Waals surface area (Å²) in [5.74, 6) is -0.0885. The SMILES string of the molecule is CCCc1nnc(NC(=O)CCn2ncc3c2c(C)nn3C)s1. The molecule has 0 aliphatic heterocycles. The highest BCUT2D eigenvalue weighted by atomic mass is 32.1. The molecule has 0 spiro atoms. The van der Waals surface area contributed by atoms with E-state index in [1.807, 2.05) is 18.7 Å². The Bertz CT molecular complexity index is 832. The van der Waals surface area contributed by atoms with Gasteiger partial charge in [-0.2, -0.15) is 10.2 Å². The highest BCUT2D eigenvalue weighted by Crippen LogP contribution is 2.18. The summed E-state index contributed by atoms with van der Waals surface area (Å²) in [6.07, 6.45) is 4.00. The zero-order chi connectivity index (χ0) is 16.4. The van der Waals surface area contributed by atoms with E-state index in [0.29, 0.717) is 18.1 Å². The quantitative estimate of drug-likeness (QED) is 0.744. The molecule has 23 heavy (non-hydrogen) atoms. The molecule has 0 radical (unpaired) electrons. The first-order chi connectivity index (χ1) is 11.1. The van der Waals surface area contributed by atoms with Crippen molar-refractivity contribution in [3.05, 3.63) is 16.9 Å². The number of rotatable bonds is 6. The van der Waals surface area contributed by atoms with Gasteiger partial charge in [0.1, 0.15) is 16.0 Å². The Morgan fingerprint density at radius 3 is 3.00 bits per heavy atom. The summed E-state index contributed by atoms with van der Waals surface area (Å²) in [6.45, 7) is 4.53. The summed E-state index contributed by atoms with van der Waals surface area (Å²) in [4.78, 5) is 12.1. The normalized spacial score (nSPS) is 11.3. The second-order valence-electron chi connectivity index (χ2n) is 5.36. The fourth-order valence-corrected chi connectivity index (χ4v) is 3.35. The van der Waals surface area contributed by atoms with E-state index < -0.39 is 0 Å². The maximum Gasteiger partial charge on any atom is 0.228 e. The van der Waals surface area contributed by atoms with Gasteiger partial charge in [-0.1, -0.05) is 18.3 Å². The lowest BCUT2D eigenvalue weighted by atomic mass is 10.3. The standard InChI is InChI=1S/C14H19N7OS/c1-4-5-12-17-18-14(23-12)16-11(22)6-7-21-13-9(2)19-20(3)10(13)8-15-21/h8H,4-7H2,1-3H3,(H,16,18,22). The van der Waals surface area contributed by atoms with Gasteiger partial charge in [-0.05, 0) is 13.3 Å². The van der Waals surface area contributed by atoms with Gasteiger partial charge in [0.05, 0.1) is 18.4 Å². The first-order valence-electron chi connectivity index (χ1n) is 7.55. The number of aryl methyl sites for hydroxylation is 4. The number of carbonyl (C=O) groups excluding carboxylic acids is 1. The molecule has 3 rings (SSSR count). The molecule has 0 saturated carbocycles. The molecule has 1 N–H and O–H groups in total. The van der Waals surface area contributed by atoms with Crippen molar-refractivity contribution in [3.63, 3.8) is 0 Å². The zero-order valence-corrected chi connectivity index (χ0v) is 14.2. The summed E-state index contributed by atoms with van der Waals surface area (Å²) in [6, 6.07) is 0. The number of hydrogen-bond acceptors (Lipinski definition) is 6. The zero-order valence-electron chi connectivity index (χ0n) is 13.4. The van der Waals surface area contributed by atoms with Gasteiger partial charge < -0.3 is 5.32 Å². The highest BCUT2D eigenvalue weighted by molar-refractivity contribution is 7.15. The van der Waals surface area contributed by atoms with E-state index in [1.165, 1.54) is 11.3 Å². The molecule has 0 aliphatic carbocycles. The van der Waals surface area contributed by atoms with E-state index >= 15 is 0 Å². The topological polar surface area (TPSA) is 90.5 Å². The molecule has 3 aromatic heterocycles. The van der Waals surface area contributed by atoms with Gasteiger partial charge >= 0.3 is 0 Å². The van der Waals surface area contributed by atoms with Crippen molar-refractivity contribution >= 4 is 33.4 Å². The summed E-state index contributed by atoms with van der Waals surface area (Å²) in [5.41, 5.74) is 2.85. The van der Waals surface area contributed by atoms with Crippen LogP contribution < -0.4 is 5.32 Å². The molecule has 0 saturated heterocycles. The summed E-state index contributed by atoms with van der Waals surface area (Å²) in [7, 11) is 1.89. The fourth-order valence-electron chi connectivity index (χ4n) is 2.49. The maximum atomic E-state index is 12.1. The Morgan fingerprint density at radius 2 is 2.22 bits per heavy atom. The third kappa shape index (κ3) is 3.24. The summed E-state index contributed by atoms with van der Waals surface area (Å²) < 4.78 is 3.62. The molecule has 8 nitrogen and oxygen atoms in total. The predicted molar refractivity (Wildman–Crippen MR) is 88.4 cm³/mol. The minimum Gasteiger partial charge on any atom is -0.300 e. The number of nitrogens with zero attached hydrogens (tertiary/aromatic N) is 6. The smallest absolute Gasteiger partial charge is 0.228 e. The molecular formula is C14H19N7OS. The van der Waals surface area contributed by atoms with Crippen LogP contribution in [0.3, 0.4) is 0 Å². The largest absolute Gasteiger partial charge is 0.300 e. The second kappa shape index (κ2) is 6.45. The third-order valence-corrected chi connectivity index (χ3v) is 4.44. The van der Waals surface area contributed by atoms with Crippen LogP contribution in [-0.4, -0.2) is 35.7 Å². The Hall–Kier alpha value is -2.29. The molecule has 122 valence electrons. The van der Waals surface area contributed by atoms with E-state index in [0.717, 1.165) is 34.6 Å². The molecule has 3 heterocycles. The molecule has 9 heteroatoms. The molecule has 0 fully saturated rings. The Morgan fingerprint density at radius 1 is 1.39 bits per heavy atom. The van der Waals surface area contributed by atoms with Crippen molar-refractivity contribution in [3.8, 4) is 0 Å². The van der Waals surface area contributed by atoms with Crippen LogP contribution in [0.1, 0.15) is 30.5 Å².